The van der Waals surface area contributed by atoms with Gasteiger partial charge in [0.1, 0.15) is 11.5 Å². The van der Waals surface area contributed by atoms with Gasteiger partial charge in [0.25, 0.3) is 11.8 Å². The Morgan fingerprint density at radius 2 is 1.89 bits per heavy atom. The highest BCUT2D eigenvalue weighted by atomic mass is 16.5. The molecule has 0 spiro atoms. The molecule has 1 aliphatic heterocycles. The molecule has 3 heterocycles. The summed E-state index contributed by atoms with van der Waals surface area (Å²) < 4.78 is 21.7. The number of ether oxygens (including phenoxy) is 2. The average molecular weight is 383 g/mol. The molecular weight excluding hydrogens is 362 g/mol. The maximum absolute atomic E-state index is 12.4. The fourth-order valence-corrected chi connectivity index (χ4v) is 3.18. The molecule has 0 aliphatic carbocycles. The Bertz CT molecular complexity index is 896. The minimum Gasteiger partial charge on any atom is -0.497 e. The van der Waals surface area contributed by atoms with Crippen molar-refractivity contribution in [3.8, 4) is 23.1 Å². The summed E-state index contributed by atoms with van der Waals surface area (Å²) in [5.74, 6) is 3.03. The lowest BCUT2D eigenvalue weighted by atomic mass is 9.97. The summed E-state index contributed by atoms with van der Waals surface area (Å²) in [5, 5.41) is 8.18. The van der Waals surface area contributed by atoms with E-state index < -0.39 is 0 Å². The Morgan fingerprint density at radius 1 is 1.14 bits per heavy atom. The number of furan rings is 1. The fraction of sp³-hybridized carbons (Fsp3) is 0.350. The highest BCUT2D eigenvalue weighted by Crippen LogP contribution is 2.29. The smallest absolute Gasteiger partial charge is 0.283 e. The normalized spacial score (nSPS) is 14.8. The summed E-state index contributed by atoms with van der Waals surface area (Å²) in [5.41, 5.74) is 0. The first-order valence-corrected chi connectivity index (χ1v) is 9.15. The molecule has 0 unspecified atom stereocenters. The van der Waals surface area contributed by atoms with Crippen LogP contribution in [0.1, 0.15) is 24.7 Å². The van der Waals surface area contributed by atoms with E-state index in [-0.39, 0.29) is 18.4 Å². The molecule has 0 atom stereocenters. The van der Waals surface area contributed by atoms with Gasteiger partial charge in [-0.25, -0.2) is 0 Å². The number of nitrogens with zero attached hydrogens (tertiary/aromatic N) is 3. The van der Waals surface area contributed by atoms with Crippen LogP contribution in [0.2, 0.25) is 0 Å². The van der Waals surface area contributed by atoms with Crippen molar-refractivity contribution < 1.29 is 23.1 Å². The van der Waals surface area contributed by atoms with Crippen LogP contribution in [0.15, 0.2) is 51.5 Å². The lowest BCUT2D eigenvalue weighted by Crippen LogP contribution is -2.40. The molecule has 1 amide bonds. The number of carbonyl (C=O) groups is 1. The Morgan fingerprint density at radius 3 is 2.57 bits per heavy atom. The molecule has 0 radical (unpaired) electrons. The summed E-state index contributed by atoms with van der Waals surface area (Å²) in [6, 6.07) is 10.7. The van der Waals surface area contributed by atoms with Gasteiger partial charge in [0.05, 0.1) is 13.4 Å². The molecule has 1 saturated heterocycles. The van der Waals surface area contributed by atoms with Gasteiger partial charge in [0.2, 0.25) is 5.89 Å². The average Bonchev–Trinajstić information content (AvgIpc) is 3.44. The van der Waals surface area contributed by atoms with Gasteiger partial charge in [-0.2, -0.15) is 0 Å². The third-order valence-corrected chi connectivity index (χ3v) is 4.79. The van der Waals surface area contributed by atoms with Crippen LogP contribution in [0.25, 0.3) is 11.7 Å². The van der Waals surface area contributed by atoms with E-state index in [9.17, 15) is 4.79 Å². The largest absolute Gasteiger partial charge is 0.497 e. The maximum Gasteiger partial charge on any atom is 0.283 e. The number of hydrogen-bond donors (Lipinski definition) is 0. The number of amides is 1. The summed E-state index contributed by atoms with van der Waals surface area (Å²) in [4.78, 5) is 14.2. The number of benzene rings is 1. The molecule has 4 rings (SSSR count). The van der Waals surface area contributed by atoms with Crippen molar-refractivity contribution >= 4 is 5.91 Å². The summed E-state index contributed by atoms with van der Waals surface area (Å²) >= 11 is 0. The molecule has 8 heteroatoms. The van der Waals surface area contributed by atoms with Gasteiger partial charge in [0.15, 0.2) is 12.4 Å². The van der Waals surface area contributed by atoms with Crippen molar-refractivity contribution in [2.75, 3.05) is 26.8 Å². The van der Waals surface area contributed by atoms with Gasteiger partial charge < -0.3 is 23.2 Å². The second-order valence-corrected chi connectivity index (χ2v) is 6.54. The Kier molecular flexibility index (Phi) is 5.27. The second kappa shape index (κ2) is 8.16. The van der Waals surface area contributed by atoms with Crippen LogP contribution in [-0.2, 0) is 4.79 Å². The third kappa shape index (κ3) is 4.00. The number of rotatable bonds is 6. The monoisotopic (exact) mass is 383 g/mol. The van der Waals surface area contributed by atoms with Gasteiger partial charge in [-0.1, -0.05) is 0 Å². The zero-order valence-corrected chi connectivity index (χ0v) is 15.5. The number of piperidine rings is 1. The zero-order valence-electron chi connectivity index (χ0n) is 15.5. The van der Waals surface area contributed by atoms with Crippen LogP contribution >= 0.6 is 0 Å². The molecule has 3 aromatic rings. The minimum absolute atomic E-state index is 0.0141. The molecule has 0 bridgehead atoms. The third-order valence-electron chi connectivity index (χ3n) is 4.79. The van der Waals surface area contributed by atoms with Crippen molar-refractivity contribution in [1.82, 2.24) is 15.1 Å². The maximum atomic E-state index is 12.4. The summed E-state index contributed by atoms with van der Waals surface area (Å²) in [6.45, 7) is 1.28. The lowest BCUT2D eigenvalue weighted by Gasteiger charge is -2.30. The first-order chi connectivity index (χ1) is 13.7. The molecular formula is C20H21N3O5. The fourth-order valence-electron chi connectivity index (χ4n) is 3.18. The first kappa shape index (κ1) is 18.1. The Labute approximate surface area is 162 Å². The van der Waals surface area contributed by atoms with E-state index in [2.05, 4.69) is 10.2 Å². The number of aromatic nitrogens is 2. The minimum atomic E-state index is -0.0314. The molecule has 2 aromatic heterocycles. The first-order valence-electron chi connectivity index (χ1n) is 9.15. The zero-order chi connectivity index (χ0) is 19.3. The quantitative estimate of drug-likeness (QED) is 0.646. The molecule has 146 valence electrons. The molecule has 8 nitrogen and oxygen atoms in total. The number of carbonyl (C=O) groups excluding carboxylic acids is 1. The van der Waals surface area contributed by atoms with E-state index in [0.717, 1.165) is 18.6 Å². The Hall–Kier alpha value is -3.29. The van der Waals surface area contributed by atoms with Gasteiger partial charge in [-0.15, -0.1) is 10.2 Å². The topological polar surface area (TPSA) is 90.8 Å². The van der Waals surface area contributed by atoms with Crippen molar-refractivity contribution in [1.29, 1.82) is 0 Å². The predicted octanol–water partition coefficient (Wildman–Crippen LogP) is 3.12. The lowest BCUT2D eigenvalue weighted by molar-refractivity contribution is -0.134. The van der Waals surface area contributed by atoms with Gasteiger partial charge in [-0.3, -0.25) is 4.79 Å². The van der Waals surface area contributed by atoms with E-state index in [1.807, 2.05) is 4.90 Å². The standard InChI is InChI=1S/C20H21N3O5/c1-25-15-4-6-16(7-5-15)27-13-18(24)23-10-8-14(9-11-23)19-21-22-20(28-19)17-3-2-12-26-17/h2-7,12,14H,8-11,13H2,1H3. The van der Waals surface area contributed by atoms with E-state index in [0.29, 0.717) is 36.4 Å². The van der Waals surface area contributed by atoms with Gasteiger partial charge in [-0.05, 0) is 49.2 Å². The predicted molar refractivity (Wildman–Crippen MR) is 99.0 cm³/mol. The number of hydrogen-bond acceptors (Lipinski definition) is 7. The van der Waals surface area contributed by atoms with Crippen molar-refractivity contribution in [2.24, 2.45) is 0 Å². The molecule has 0 N–H and O–H groups in total. The van der Waals surface area contributed by atoms with E-state index in [4.69, 9.17) is 18.3 Å². The number of likely N-dealkylation sites (tertiary alicyclic amines) is 1. The van der Waals surface area contributed by atoms with Crippen molar-refractivity contribution in [3.05, 3.63) is 48.6 Å². The van der Waals surface area contributed by atoms with Crippen molar-refractivity contribution in [2.45, 2.75) is 18.8 Å². The highest BCUT2D eigenvalue weighted by molar-refractivity contribution is 5.77. The van der Waals surface area contributed by atoms with Crippen LogP contribution in [0.3, 0.4) is 0 Å². The van der Waals surface area contributed by atoms with E-state index in [1.54, 1.807) is 49.8 Å². The van der Waals surface area contributed by atoms with Crippen LogP contribution < -0.4 is 9.47 Å². The second-order valence-electron chi connectivity index (χ2n) is 6.54. The molecule has 1 fully saturated rings. The molecule has 1 aromatic carbocycles. The molecule has 0 saturated carbocycles. The summed E-state index contributed by atoms with van der Waals surface area (Å²) in [7, 11) is 1.61. The van der Waals surface area contributed by atoms with Gasteiger partial charge in [0, 0.05) is 19.0 Å². The SMILES string of the molecule is COc1ccc(OCC(=O)N2CCC(c3nnc(-c4ccco4)o3)CC2)cc1. The van der Waals surface area contributed by atoms with Crippen LogP contribution in [0, 0.1) is 0 Å². The molecule has 28 heavy (non-hydrogen) atoms. The molecule has 1 aliphatic rings. The van der Waals surface area contributed by atoms with E-state index in [1.165, 1.54) is 0 Å². The Balaban J connectivity index is 1.27. The van der Waals surface area contributed by atoms with Crippen LogP contribution in [-0.4, -0.2) is 47.8 Å². The van der Waals surface area contributed by atoms with E-state index >= 15 is 0 Å². The number of methoxy groups -OCH3 is 1. The van der Waals surface area contributed by atoms with Crippen LogP contribution in [0.4, 0.5) is 0 Å². The van der Waals surface area contributed by atoms with Crippen molar-refractivity contribution in [3.63, 3.8) is 0 Å². The van der Waals surface area contributed by atoms with Gasteiger partial charge >= 0.3 is 0 Å². The van der Waals surface area contributed by atoms with Crippen LogP contribution in [0.5, 0.6) is 11.5 Å². The highest BCUT2D eigenvalue weighted by Gasteiger charge is 2.28. The summed E-state index contributed by atoms with van der Waals surface area (Å²) in [6.07, 6.45) is 3.11.